The summed E-state index contributed by atoms with van der Waals surface area (Å²) in [5.41, 5.74) is 6.39. The highest BCUT2D eigenvalue weighted by molar-refractivity contribution is 5.70. The number of benzene rings is 1. The molecule has 0 aliphatic heterocycles. The number of nitrogens with two attached hydrogens (primary N) is 1. The number of H-pyrrole nitrogens is 1. The number of methoxy groups -OCH3 is 1. The number of nitrogen functional groups attached to an aromatic ring is 1. The van der Waals surface area contributed by atoms with Crippen molar-refractivity contribution in [3.05, 3.63) is 40.7 Å². The van der Waals surface area contributed by atoms with Crippen molar-refractivity contribution in [1.29, 1.82) is 0 Å². The van der Waals surface area contributed by atoms with Gasteiger partial charge in [-0.05, 0) is 12.1 Å². The molecule has 0 saturated carbocycles. The first-order chi connectivity index (χ1) is 7.72. The van der Waals surface area contributed by atoms with E-state index in [-0.39, 0.29) is 11.4 Å². The predicted octanol–water partition coefficient (Wildman–Crippen LogP) is 1.03. The molecule has 3 N–H and O–H groups in total. The van der Waals surface area contributed by atoms with Crippen LogP contribution in [0.1, 0.15) is 0 Å². The molecule has 0 aliphatic carbocycles. The van der Waals surface area contributed by atoms with E-state index in [4.69, 9.17) is 10.5 Å². The Hall–Kier alpha value is -2.30. The molecule has 0 aliphatic rings. The molecular formula is C11H11N3O2. The van der Waals surface area contributed by atoms with Crippen LogP contribution in [-0.2, 0) is 0 Å². The van der Waals surface area contributed by atoms with Crippen LogP contribution >= 0.6 is 0 Å². The van der Waals surface area contributed by atoms with Gasteiger partial charge in [-0.25, -0.2) is 5.10 Å². The fourth-order valence-electron chi connectivity index (χ4n) is 1.49. The highest BCUT2D eigenvalue weighted by Crippen LogP contribution is 2.27. The van der Waals surface area contributed by atoms with E-state index in [0.717, 1.165) is 0 Å². The zero-order valence-corrected chi connectivity index (χ0v) is 8.73. The number of ether oxygens (including phenoxy) is 1. The molecule has 0 radical (unpaired) electrons. The number of aromatic amines is 1. The van der Waals surface area contributed by atoms with E-state index in [2.05, 4.69) is 10.2 Å². The van der Waals surface area contributed by atoms with Gasteiger partial charge in [0.15, 0.2) is 0 Å². The second kappa shape index (κ2) is 4.06. The van der Waals surface area contributed by atoms with Gasteiger partial charge in [0.2, 0.25) is 0 Å². The minimum atomic E-state index is -0.293. The number of nitrogens with zero attached hydrogens (tertiary/aromatic N) is 1. The summed E-state index contributed by atoms with van der Waals surface area (Å²) < 4.78 is 5.18. The monoisotopic (exact) mass is 217 g/mol. The topological polar surface area (TPSA) is 81.0 Å². The van der Waals surface area contributed by atoms with E-state index in [1.54, 1.807) is 19.2 Å². The SMILES string of the molecule is COc1ccccc1-c1cc(N)n[nH]c1=O. The first kappa shape index (κ1) is 10.2. The van der Waals surface area contributed by atoms with Gasteiger partial charge in [-0.15, -0.1) is 0 Å². The molecule has 82 valence electrons. The second-order valence-corrected chi connectivity index (χ2v) is 3.24. The van der Waals surface area contributed by atoms with Gasteiger partial charge in [0, 0.05) is 5.56 Å². The fraction of sp³-hybridized carbons (Fsp3) is 0.0909. The van der Waals surface area contributed by atoms with Crippen LogP contribution in [0.5, 0.6) is 5.75 Å². The summed E-state index contributed by atoms with van der Waals surface area (Å²) in [4.78, 5) is 11.6. The molecule has 0 spiro atoms. The van der Waals surface area contributed by atoms with Crippen LogP contribution in [0.25, 0.3) is 11.1 Å². The maximum absolute atomic E-state index is 11.6. The molecule has 2 rings (SSSR count). The Morgan fingerprint density at radius 2 is 2.06 bits per heavy atom. The third kappa shape index (κ3) is 1.75. The largest absolute Gasteiger partial charge is 0.496 e. The van der Waals surface area contributed by atoms with E-state index < -0.39 is 0 Å². The summed E-state index contributed by atoms with van der Waals surface area (Å²) in [6.07, 6.45) is 0. The lowest BCUT2D eigenvalue weighted by Crippen LogP contribution is -2.12. The summed E-state index contributed by atoms with van der Waals surface area (Å²) in [6.45, 7) is 0. The van der Waals surface area contributed by atoms with E-state index in [1.807, 2.05) is 12.1 Å². The van der Waals surface area contributed by atoms with E-state index >= 15 is 0 Å². The number of rotatable bonds is 2. The maximum atomic E-state index is 11.6. The molecule has 1 aromatic heterocycles. The van der Waals surface area contributed by atoms with Crippen molar-refractivity contribution in [2.45, 2.75) is 0 Å². The zero-order valence-electron chi connectivity index (χ0n) is 8.73. The summed E-state index contributed by atoms with van der Waals surface area (Å²) >= 11 is 0. The van der Waals surface area contributed by atoms with Gasteiger partial charge in [-0.1, -0.05) is 18.2 Å². The third-order valence-electron chi connectivity index (χ3n) is 2.22. The molecule has 0 unspecified atom stereocenters. The van der Waals surface area contributed by atoms with Gasteiger partial charge in [-0.2, -0.15) is 5.10 Å². The van der Waals surface area contributed by atoms with Crippen LogP contribution in [0.15, 0.2) is 35.1 Å². The Balaban J connectivity index is 2.67. The second-order valence-electron chi connectivity index (χ2n) is 3.24. The quantitative estimate of drug-likeness (QED) is 0.787. The first-order valence-electron chi connectivity index (χ1n) is 4.71. The van der Waals surface area contributed by atoms with Crippen molar-refractivity contribution in [3.8, 4) is 16.9 Å². The lowest BCUT2D eigenvalue weighted by molar-refractivity contribution is 0.416. The smallest absolute Gasteiger partial charge is 0.272 e. The first-order valence-corrected chi connectivity index (χ1v) is 4.71. The Bertz CT molecular complexity index is 563. The Morgan fingerprint density at radius 3 is 2.81 bits per heavy atom. The van der Waals surface area contributed by atoms with Crippen molar-refractivity contribution >= 4 is 5.82 Å². The normalized spacial score (nSPS) is 10.1. The van der Waals surface area contributed by atoms with Crippen molar-refractivity contribution in [2.24, 2.45) is 0 Å². The van der Waals surface area contributed by atoms with Crippen molar-refractivity contribution in [2.75, 3.05) is 12.8 Å². The van der Waals surface area contributed by atoms with Gasteiger partial charge >= 0.3 is 0 Å². The fourth-order valence-corrected chi connectivity index (χ4v) is 1.49. The molecule has 2 aromatic rings. The lowest BCUT2D eigenvalue weighted by atomic mass is 10.1. The minimum absolute atomic E-state index is 0.264. The third-order valence-corrected chi connectivity index (χ3v) is 2.22. The van der Waals surface area contributed by atoms with Crippen LogP contribution in [0.4, 0.5) is 5.82 Å². The summed E-state index contributed by atoms with van der Waals surface area (Å²) in [5, 5.41) is 5.95. The highest BCUT2D eigenvalue weighted by Gasteiger charge is 2.09. The number of aromatic nitrogens is 2. The molecule has 0 bridgehead atoms. The summed E-state index contributed by atoms with van der Waals surface area (Å²) in [7, 11) is 1.55. The van der Waals surface area contributed by atoms with Gasteiger partial charge < -0.3 is 10.5 Å². The number of hydrogen-bond acceptors (Lipinski definition) is 4. The van der Waals surface area contributed by atoms with Gasteiger partial charge in [-0.3, -0.25) is 4.79 Å². The Kier molecular flexibility index (Phi) is 2.59. The van der Waals surface area contributed by atoms with E-state index in [1.165, 1.54) is 6.07 Å². The average Bonchev–Trinajstić information content (AvgIpc) is 2.32. The highest BCUT2D eigenvalue weighted by atomic mass is 16.5. The molecule has 5 heteroatoms. The lowest BCUT2D eigenvalue weighted by Gasteiger charge is -2.07. The molecule has 1 heterocycles. The number of nitrogens with one attached hydrogen (secondary N) is 1. The molecule has 5 nitrogen and oxygen atoms in total. The molecular weight excluding hydrogens is 206 g/mol. The molecule has 1 aromatic carbocycles. The maximum Gasteiger partial charge on any atom is 0.272 e. The van der Waals surface area contributed by atoms with Gasteiger partial charge in [0.05, 0.1) is 12.7 Å². The summed E-state index contributed by atoms with van der Waals surface area (Å²) in [6, 6.07) is 8.76. The number of hydrogen-bond donors (Lipinski definition) is 2. The Labute approximate surface area is 91.9 Å². The minimum Gasteiger partial charge on any atom is -0.496 e. The van der Waals surface area contributed by atoms with Crippen LogP contribution in [0.2, 0.25) is 0 Å². The van der Waals surface area contributed by atoms with Crippen molar-refractivity contribution in [3.63, 3.8) is 0 Å². The standard InChI is InChI=1S/C11H11N3O2/c1-16-9-5-3-2-4-7(9)8-6-10(12)13-14-11(8)15/h2-6H,1H3,(H2,12,13)(H,14,15). The van der Waals surface area contributed by atoms with E-state index in [0.29, 0.717) is 16.9 Å². The van der Waals surface area contributed by atoms with Crippen molar-refractivity contribution < 1.29 is 4.74 Å². The molecule has 0 amide bonds. The predicted molar refractivity (Wildman–Crippen MR) is 61.3 cm³/mol. The van der Waals surface area contributed by atoms with Crippen LogP contribution in [-0.4, -0.2) is 17.3 Å². The molecule has 0 atom stereocenters. The molecule has 0 saturated heterocycles. The van der Waals surface area contributed by atoms with Crippen LogP contribution < -0.4 is 16.0 Å². The average molecular weight is 217 g/mol. The number of anilines is 1. The Morgan fingerprint density at radius 1 is 1.31 bits per heavy atom. The molecule has 0 fully saturated rings. The molecule has 16 heavy (non-hydrogen) atoms. The zero-order chi connectivity index (χ0) is 11.5. The van der Waals surface area contributed by atoms with Crippen LogP contribution in [0.3, 0.4) is 0 Å². The van der Waals surface area contributed by atoms with Crippen LogP contribution in [0, 0.1) is 0 Å². The van der Waals surface area contributed by atoms with Gasteiger partial charge in [0.25, 0.3) is 5.56 Å². The van der Waals surface area contributed by atoms with Crippen molar-refractivity contribution in [1.82, 2.24) is 10.2 Å². The van der Waals surface area contributed by atoms with E-state index in [9.17, 15) is 4.79 Å². The summed E-state index contributed by atoms with van der Waals surface area (Å²) in [5.74, 6) is 0.888. The van der Waals surface area contributed by atoms with Gasteiger partial charge in [0.1, 0.15) is 11.6 Å². The number of para-hydroxylation sites is 1.